The summed E-state index contributed by atoms with van der Waals surface area (Å²) in [6.45, 7) is 2.21. The minimum absolute atomic E-state index is 0.134. The first-order chi connectivity index (χ1) is 8.97. The molecule has 4 nitrogen and oxygen atoms in total. The van der Waals surface area contributed by atoms with E-state index in [1.54, 1.807) is 12.1 Å². The maximum absolute atomic E-state index is 11.1. The Morgan fingerprint density at radius 2 is 2.21 bits per heavy atom. The van der Waals surface area contributed by atoms with Crippen molar-refractivity contribution in [2.24, 2.45) is 17.6 Å². The quantitative estimate of drug-likeness (QED) is 0.681. The van der Waals surface area contributed by atoms with Crippen molar-refractivity contribution in [2.75, 3.05) is 0 Å². The van der Waals surface area contributed by atoms with Crippen LogP contribution in [0.3, 0.4) is 0 Å². The summed E-state index contributed by atoms with van der Waals surface area (Å²) in [5.41, 5.74) is 7.00. The van der Waals surface area contributed by atoms with Crippen LogP contribution in [0.25, 0.3) is 0 Å². The van der Waals surface area contributed by atoms with E-state index >= 15 is 0 Å². The molecule has 1 aliphatic carbocycles. The lowest BCUT2D eigenvalue weighted by Gasteiger charge is -2.32. The van der Waals surface area contributed by atoms with E-state index in [2.05, 4.69) is 6.92 Å². The van der Waals surface area contributed by atoms with Gasteiger partial charge in [-0.3, -0.25) is 10.1 Å². The molecule has 0 saturated heterocycles. The largest absolute Gasteiger partial charge is 0.327 e. The van der Waals surface area contributed by atoms with Gasteiger partial charge in [0.15, 0.2) is 0 Å². The van der Waals surface area contributed by atoms with Gasteiger partial charge in [0.1, 0.15) is 0 Å². The molecule has 5 heteroatoms. The zero-order valence-electron chi connectivity index (χ0n) is 11.0. The summed E-state index contributed by atoms with van der Waals surface area (Å²) < 4.78 is 0. The molecule has 104 valence electrons. The molecule has 3 unspecified atom stereocenters. The molecular formula is C14H19ClN2O2. The van der Waals surface area contributed by atoms with Crippen molar-refractivity contribution in [3.8, 4) is 0 Å². The minimum Gasteiger partial charge on any atom is -0.327 e. The summed E-state index contributed by atoms with van der Waals surface area (Å²) in [6, 6.07) is 4.88. The Bertz CT molecular complexity index is 479. The topological polar surface area (TPSA) is 69.2 Å². The Labute approximate surface area is 118 Å². The van der Waals surface area contributed by atoms with Crippen LogP contribution in [0.5, 0.6) is 0 Å². The maximum Gasteiger partial charge on any atom is 0.272 e. The number of halogens is 1. The van der Waals surface area contributed by atoms with Crippen LogP contribution in [0.2, 0.25) is 5.02 Å². The van der Waals surface area contributed by atoms with E-state index in [-0.39, 0.29) is 16.7 Å². The normalized spacial score (nSPS) is 27.2. The predicted molar refractivity (Wildman–Crippen MR) is 76.3 cm³/mol. The summed E-state index contributed by atoms with van der Waals surface area (Å²) in [6.07, 6.45) is 3.82. The Morgan fingerprint density at radius 1 is 1.47 bits per heavy atom. The molecule has 2 rings (SSSR count). The molecule has 1 fully saturated rings. The summed E-state index contributed by atoms with van der Waals surface area (Å²) in [5.74, 6) is 0.948. The Balaban J connectivity index is 2.22. The highest BCUT2D eigenvalue weighted by Crippen LogP contribution is 2.33. The van der Waals surface area contributed by atoms with Crippen molar-refractivity contribution in [1.82, 2.24) is 0 Å². The SMILES string of the molecule is CC1CCC(N)C(Cc2cc(Cl)ccc2[N+](=O)[O-])C1. The van der Waals surface area contributed by atoms with Crippen LogP contribution in [-0.2, 0) is 6.42 Å². The number of nitro groups is 1. The number of nitrogens with zero attached hydrogens (tertiary/aromatic N) is 1. The zero-order chi connectivity index (χ0) is 14.0. The van der Waals surface area contributed by atoms with Gasteiger partial charge in [0, 0.05) is 22.7 Å². The summed E-state index contributed by atoms with van der Waals surface area (Å²) in [7, 11) is 0. The van der Waals surface area contributed by atoms with Crippen molar-refractivity contribution in [2.45, 2.75) is 38.6 Å². The summed E-state index contributed by atoms with van der Waals surface area (Å²) >= 11 is 5.95. The Kier molecular flexibility index (Phi) is 4.42. The monoisotopic (exact) mass is 282 g/mol. The lowest BCUT2D eigenvalue weighted by Crippen LogP contribution is -2.36. The number of rotatable bonds is 3. The molecule has 19 heavy (non-hydrogen) atoms. The minimum atomic E-state index is -0.344. The van der Waals surface area contributed by atoms with E-state index in [1.165, 1.54) is 6.07 Å². The van der Waals surface area contributed by atoms with Crippen LogP contribution >= 0.6 is 11.6 Å². The predicted octanol–water partition coefficient (Wildman–Crippen LogP) is 3.55. The molecule has 0 amide bonds. The van der Waals surface area contributed by atoms with E-state index in [1.807, 2.05) is 0 Å². The van der Waals surface area contributed by atoms with Gasteiger partial charge < -0.3 is 5.73 Å². The number of benzene rings is 1. The van der Waals surface area contributed by atoms with Gasteiger partial charge in [0.05, 0.1) is 4.92 Å². The van der Waals surface area contributed by atoms with Crippen molar-refractivity contribution < 1.29 is 4.92 Å². The number of hydrogen-bond acceptors (Lipinski definition) is 3. The molecule has 0 spiro atoms. The van der Waals surface area contributed by atoms with Crippen LogP contribution in [0.1, 0.15) is 31.7 Å². The van der Waals surface area contributed by atoms with Crippen molar-refractivity contribution in [1.29, 1.82) is 0 Å². The first-order valence-corrected chi connectivity index (χ1v) is 7.03. The number of nitrogens with two attached hydrogens (primary N) is 1. The van der Waals surface area contributed by atoms with Gasteiger partial charge in [-0.15, -0.1) is 0 Å². The second-order valence-corrected chi connectivity index (χ2v) is 6.01. The number of nitro benzene ring substituents is 1. The lowest BCUT2D eigenvalue weighted by molar-refractivity contribution is -0.385. The standard InChI is InChI=1S/C14H19ClN2O2/c1-9-2-4-13(16)10(6-9)7-11-8-12(15)3-5-14(11)17(18)19/h3,5,8-10,13H,2,4,6-7,16H2,1H3. The third-order valence-corrected chi connectivity index (χ3v) is 4.26. The highest BCUT2D eigenvalue weighted by molar-refractivity contribution is 6.30. The number of hydrogen-bond donors (Lipinski definition) is 1. The van der Waals surface area contributed by atoms with Crippen LogP contribution in [-0.4, -0.2) is 11.0 Å². The van der Waals surface area contributed by atoms with Crippen molar-refractivity contribution >= 4 is 17.3 Å². The molecule has 0 radical (unpaired) electrons. The molecule has 1 aliphatic rings. The third kappa shape index (κ3) is 3.45. The zero-order valence-corrected chi connectivity index (χ0v) is 11.8. The molecule has 1 aromatic carbocycles. The highest BCUT2D eigenvalue weighted by atomic mass is 35.5. The molecule has 0 heterocycles. The van der Waals surface area contributed by atoms with Crippen molar-refractivity contribution in [3.63, 3.8) is 0 Å². The first-order valence-electron chi connectivity index (χ1n) is 6.65. The fourth-order valence-electron chi connectivity index (χ4n) is 2.94. The molecule has 1 aromatic rings. The Hall–Kier alpha value is -1.13. The molecule has 0 bridgehead atoms. The van der Waals surface area contributed by atoms with Gasteiger partial charge >= 0.3 is 0 Å². The van der Waals surface area contributed by atoms with Crippen molar-refractivity contribution in [3.05, 3.63) is 38.9 Å². The van der Waals surface area contributed by atoms with E-state index in [4.69, 9.17) is 17.3 Å². The molecule has 0 aliphatic heterocycles. The summed E-state index contributed by atoms with van der Waals surface area (Å²) in [5, 5.41) is 11.6. The fourth-order valence-corrected chi connectivity index (χ4v) is 3.13. The van der Waals surface area contributed by atoms with Crippen LogP contribution in [0.4, 0.5) is 5.69 Å². The van der Waals surface area contributed by atoms with Gasteiger partial charge in [0.25, 0.3) is 5.69 Å². The molecule has 3 atom stereocenters. The smallest absolute Gasteiger partial charge is 0.272 e. The molecule has 1 saturated carbocycles. The average molecular weight is 283 g/mol. The summed E-state index contributed by atoms with van der Waals surface area (Å²) in [4.78, 5) is 10.7. The van der Waals surface area contributed by atoms with Gasteiger partial charge in [-0.2, -0.15) is 0 Å². The first kappa shape index (κ1) is 14.3. The van der Waals surface area contributed by atoms with Crippen LogP contribution < -0.4 is 5.73 Å². The average Bonchev–Trinajstić information content (AvgIpc) is 2.33. The molecule has 0 aromatic heterocycles. The van der Waals surface area contributed by atoms with E-state index in [0.717, 1.165) is 19.3 Å². The van der Waals surface area contributed by atoms with E-state index in [0.29, 0.717) is 28.8 Å². The Morgan fingerprint density at radius 3 is 2.89 bits per heavy atom. The van der Waals surface area contributed by atoms with Gasteiger partial charge in [-0.1, -0.05) is 18.5 Å². The molecular weight excluding hydrogens is 264 g/mol. The van der Waals surface area contributed by atoms with Crippen LogP contribution in [0, 0.1) is 22.0 Å². The van der Waals surface area contributed by atoms with Gasteiger partial charge in [0.2, 0.25) is 0 Å². The van der Waals surface area contributed by atoms with Gasteiger partial charge in [-0.25, -0.2) is 0 Å². The fraction of sp³-hybridized carbons (Fsp3) is 0.571. The highest BCUT2D eigenvalue weighted by Gasteiger charge is 2.28. The second-order valence-electron chi connectivity index (χ2n) is 5.58. The lowest BCUT2D eigenvalue weighted by atomic mass is 9.76. The second kappa shape index (κ2) is 5.88. The maximum atomic E-state index is 11.1. The third-order valence-electron chi connectivity index (χ3n) is 4.02. The molecule has 2 N–H and O–H groups in total. The van der Waals surface area contributed by atoms with Crippen LogP contribution in [0.15, 0.2) is 18.2 Å². The van der Waals surface area contributed by atoms with E-state index in [9.17, 15) is 10.1 Å². The van der Waals surface area contributed by atoms with Gasteiger partial charge in [-0.05, 0) is 49.7 Å². The van der Waals surface area contributed by atoms with E-state index < -0.39 is 0 Å².